The predicted octanol–water partition coefficient (Wildman–Crippen LogP) is -7.09. The summed E-state index contributed by atoms with van der Waals surface area (Å²) in [4.78, 5) is 259. The summed E-state index contributed by atoms with van der Waals surface area (Å²) in [6.07, 6.45) is -2.65. The van der Waals surface area contributed by atoms with Crippen LogP contribution in [0.25, 0.3) is 10.8 Å². The summed E-state index contributed by atoms with van der Waals surface area (Å²) >= 11 is 0. The van der Waals surface area contributed by atoms with E-state index in [1.165, 1.54) is 48.5 Å². The molecule has 2 heterocycles. The zero-order valence-electron chi connectivity index (χ0n) is 82.8. The Morgan fingerprint density at radius 2 is 0.799 bits per heavy atom. The fourth-order valence-electron chi connectivity index (χ4n) is 15.5. The van der Waals surface area contributed by atoms with Crippen LogP contribution in [0, 0.1) is 21.6 Å². The van der Waals surface area contributed by atoms with Crippen molar-refractivity contribution in [3.63, 3.8) is 0 Å². The van der Waals surface area contributed by atoms with Crippen molar-refractivity contribution in [3.8, 4) is 11.5 Å². The van der Waals surface area contributed by atoms with Gasteiger partial charge in [-0.05, 0) is 180 Å². The number of hydrogen-bond acceptors (Lipinski definition) is 28. The van der Waals surface area contributed by atoms with Gasteiger partial charge in [-0.2, -0.15) is 0 Å². The Morgan fingerprint density at radius 3 is 1.26 bits per heavy atom. The van der Waals surface area contributed by atoms with Gasteiger partial charge >= 0.3 is 18.1 Å². The number of phenols is 2. The number of aliphatic carboxylic acids is 1. The lowest BCUT2D eigenvalue weighted by Crippen LogP contribution is -2.61. The van der Waals surface area contributed by atoms with E-state index in [9.17, 15) is 34.2 Å². The van der Waals surface area contributed by atoms with Gasteiger partial charge in [-0.1, -0.05) is 88.3 Å². The van der Waals surface area contributed by atoms with E-state index in [0.717, 1.165) is 38.8 Å². The van der Waals surface area contributed by atoms with E-state index >= 15 is 57.5 Å². The van der Waals surface area contributed by atoms with E-state index < -0.39 is 234 Å². The number of benzene rings is 4. The molecule has 0 unspecified atom stereocenters. The molecule has 46 N–H and O–H groups in total. The van der Waals surface area contributed by atoms with Crippen molar-refractivity contribution in [2.75, 3.05) is 70.4 Å². The van der Waals surface area contributed by atoms with Crippen molar-refractivity contribution < 1.29 is 102 Å². The Bertz CT molecular complexity index is 5210. The van der Waals surface area contributed by atoms with Crippen LogP contribution < -0.4 is 158 Å². The molecule has 0 spiro atoms. The van der Waals surface area contributed by atoms with Crippen LogP contribution in [0.1, 0.15) is 146 Å². The van der Waals surface area contributed by atoms with Gasteiger partial charge in [0, 0.05) is 90.0 Å². The zero-order valence-corrected chi connectivity index (χ0v) is 84.4. The first-order valence-corrected chi connectivity index (χ1v) is 50.9. The van der Waals surface area contributed by atoms with E-state index in [0.29, 0.717) is 16.5 Å². The summed E-state index contributed by atoms with van der Waals surface area (Å²) in [6.45, 7) is 0.495. The molecule has 0 bridgehead atoms. The minimum atomic E-state index is -1.92. The van der Waals surface area contributed by atoms with Crippen LogP contribution in [0.2, 0.25) is 0 Å². The molecular weight excluding hydrogens is 1980 g/mol. The number of amides is 20. The quantitative estimate of drug-likeness (QED) is 0.00846. The molecule has 0 aromatic heterocycles. The highest BCUT2D eigenvalue weighted by Gasteiger charge is 2.43. The molecule has 0 aliphatic carbocycles. The van der Waals surface area contributed by atoms with Crippen LogP contribution in [0.15, 0.2) is 91.0 Å². The number of nitrogens with zero attached hydrogens (tertiary/aromatic N) is 1. The Kier molecular flexibility index (Phi) is 55.2. The van der Waals surface area contributed by atoms with E-state index in [4.69, 9.17) is 88.9 Å². The van der Waals surface area contributed by atoms with Crippen molar-refractivity contribution in [2.45, 2.75) is 233 Å². The summed E-state index contributed by atoms with van der Waals surface area (Å²) in [5, 5.41) is 111. The molecule has 4 aromatic rings. The third-order valence-electron chi connectivity index (χ3n) is 23.2. The number of nitrogens with two attached hydrogens (primary N) is 10. The fraction of sp³-hybridized carbons (Fsp3) is 0.522. The maximum absolute atomic E-state index is 16.0. The predicted molar refractivity (Wildman–Crippen MR) is 555 cm³/mol. The molecule has 20 amide bonds. The lowest BCUT2D eigenvalue weighted by Gasteiger charge is -2.31. The van der Waals surface area contributed by atoms with Gasteiger partial charge in [0.2, 0.25) is 82.7 Å². The van der Waals surface area contributed by atoms with Crippen LogP contribution in [0.5, 0.6) is 11.5 Å². The minimum Gasteiger partial charge on any atom is -0.508 e. The highest BCUT2D eigenvalue weighted by molar-refractivity contribution is 8.76. The lowest BCUT2D eigenvalue weighted by molar-refractivity contribution is -0.142. The largest absolute Gasteiger partial charge is 0.508 e. The van der Waals surface area contributed by atoms with Gasteiger partial charge in [0.25, 0.3) is 5.97 Å². The van der Waals surface area contributed by atoms with Gasteiger partial charge < -0.3 is 179 Å². The number of phenolic OH excluding ortho intramolecular Hbond substituents is 2. The molecule has 2 aliphatic rings. The molecule has 2 fully saturated rings. The van der Waals surface area contributed by atoms with Gasteiger partial charge in [-0.15, -0.1) is 0 Å². The standard InChI is InChI=1S/C90H140N34O19S2.C2H4O2/c91-34-4-3-16-58-74(131)118-63(22-11-41-111-90(104)143)83(140)124-42-12-23-69(124)82(139)121-65(45-50-27-32-55(126)33-28-50)78(135)117-60(19-8-38-108-87(100)101)73(130)115-62(21-10-40-110-89(103)142)76(133)122-67(80(137)112-57(70(93)127)17-6-36-106-85(96)97)47-144-145-48-68(81(138)120-64(44-49-25-30-54(125)31-26-49)77(134)116-61(72(129)114-58)20-9-39-109-88(102)141)123-79(136)66(46-51-24-29-52-13-1-2-14-53(52)43-51)119-75(132)59(18-7-37-107-86(98)99)113-71(128)56(92)15-5-35-105-84(94)95;1-2(3)4/h1-2,13-14,24-33,43,56-69,125-126H,3-12,15-23,34-42,44-48,91-92H2,(H2,93,127)(H,112,137)(H,113,128)(H,114,129)(H,115,130)(H,116,134)(H,117,135)(H,118,131)(H,119,132)(H,120,138)(H,121,139)(H,122,133)(H,123,136)(H4,94,95,105)(H4,96,97,106)(H4,98,99,107)(H4,100,101,108)(H3,102,109,141)(H3,103,110,142)(H3,104,111,143);1H3,(H,3,4)/t56-,57-,58-,59-,60-,61-,62+,63-,64-,65-,66-,67-,68-,69-;/m0./s1. The lowest BCUT2D eigenvalue weighted by atomic mass is 10.00. The second-order valence-corrected chi connectivity index (χ2v) is 37.7. The first kappa shape index (κ1) is 124. The number of aromatic hydroxyl groups is 2. The Hall–Kier alpha value is -15.7. The Morgan fingerprint density at radius 1 is 0.416 bits per heavy atom. The van der Waals surface area contributed by atoms with Crippen LogP contribution in [-0.2, 0) is 91.2 Å². The number of guanidine groups is 4. The van der Waals surface area contributed by atoms with Gasteiger partial charge in [-0.3, -0.25) is 93.6 Å². The number of primary amides is 4. The summed E-state index contributed by atoms with van der Waals surface area (Å²) in [6, 6.07) is -2.89. The summed E-state index contributed by atoms with van der Waals surface area (Å²) in [5.41, 5.74) is 57.9. The molecule has 57 heteroatoms. The van der Waals surface area contributed by atoms with Crippen molar-refractivity contribution >= 4 is 163 Å². The van der Waals surface area contributed by atoms with Gasteiger partial charge in [0.05, 0.1) is 6.04 Å². The normalized spacial score (nSPS) is 19.7. The monoisotopic (exact) mass is 2130 g/mol. The molecule has 820 valence electrons. The number of fused-ring (bicyclic) bond motifs is 2. The van der Waals surface area contributed by atoms with E-state index in [1.807, 2.05) is 6.07 Å². The highest BCUT2D eigenvalue weighted by atomic mass is 33.1. The first-order valence-electron chi connectivity index (χ1n) is 48.4. The number of urea groups is 3. The second kappa shape index (κ2) is 66.4. The molecule has 2 aliphatic heterocycles. The summed E-state index contributed by atoms with van der Waals surface area (Å²) in [5.74, 6) is -18.7. The maximum Gasteiger partial charge on any atom is 0.312 e. The van der Waals surface area contributed by atoms with Crippen molar-refractivity contribution in [3.05, 3.63) is 108 Å². The smallest absolute Gasteiger partial charge is 0.312 e. The minimum absolute atomic E-state index is 0.00412. The Labute approximate surface area is 867 Å². The molecule has 2 saturated heterocycles. The highest BCUT2D eigenvalue weighted by Crippen LogP contribution is 2.27. The van der Waals surface area contributed by atoms with Crippen LogP contribution in [0.3, 0.4) is 0 Å². The molecule has 6 rings (SSSR count). The summed E-state index contributed by atoms with van der Waals surface area (Å²) < 4.78 is 0. The van der Waals surface area contributed by atoms with Crippen LogP contribution in [0.4, 0.5) is 14.4 Å². The maximum atomic E-state index is 16.0. The molecule has 149 heavy (non-hydrogen) atoms. The molecule has 0 radical (unpaired) electrons. The number of carbonyl (C=O) groups excluding carboxylic acids is 17. The van der Waals surface area contributed by atoms with Crippen molar-refractivity contribution in [1.29, 1.82) is 21.6 Å². The fourth-order valence-corrected chi connectivity index (χ4v) is 17.9. The first-order chi connectivity index (χ1) is 70.8. The van der Waals surface area contributed by atoms with Crippen molar-refractivity contribution in [2.24, 2.45) is 57.3 Å². The SMILES string of the molecule is CC(=O)O.N=C(N)NCCC[C@H](NC(=O)[C@@H]1CSSC[C@H](NC(=O)[C@H](Cc2ccc3ccccc3c2)NC(=O)[C@H](CCCNC(=N)N)NC(=O)[C@@H](N)CCCNC(=N)N)C(=O)N[C@@H](Cc2ccc(O)cc2)C(=O)N[C@@H](CCCNC(N)=O)C(=O)N[C@@H](CCCCN)C(=O)N[C@@H](CCCNC(N)=O)C(=O)N2CCC[C@H]2C(=O)N[C@@H](Cc2ccc(O)cc2)C(=O)N[C@@H](CCCNC(=N)N)C(=O)N[C@H](CCCNC(N)=O)C(=O)N1)C(N)=O. The third-order valence-corrected chi connectivity index (χ3v) is 25.6. The number of carbonyl (C=O) groups is 18. The van der Waals surface area contributed by atoms with Crippen LogP contribution >= 0.6 is 21.6 Å². The van der Waals surface area contributed by atoms with Gasteiger partial charge in [0.1, 0.15) is 90.0 Å². The average Bonchev–Trinajstić information content (AvgIpc) is 1.68. The number of rotatable bonds is 47. The topological polar surface area (TPSA) is 955 Å². The molecule has 14 atom stereocenters. The van der Waals surface area contributed by atoms with E-state index in [-0.39, 0.29) is 210 Å². The number of hydrogen-bond donors (Lipinski definition) is 36. The second-order valence-electron chi connectivity index (χ2n) is 35.2. The molecule has 55 nitrogen and oxygen atoms in total. The number of carboxylic acids is 1. The zero-order chi connectivity index (χ0) is 110. The third kappa shape index (κ3) is 48.5. The molecule has 0 saturated carbocycles. The average molecular weight is 2130 g/mol. The summed E-state index contributed by atoms with van der Waals surface area (Å²) in [7, 11) is 1.48. The number of unbranched alkanes of at least 4 members (excludes halogenated alkanes) is 1. The van der Waals surface area contributed by atoms with Gasteiger partial charge in [-0.25, -0.2) is 14.4 Å². The van der Waals surface area contributed by atoms with Crippen molar-refractivity contribution in [1.82, 2.24) is 106 Å². The number of nitrogens with one attached hydrogen (secondary N) is 23. The number of carboxylic acid groups (broad SMARTS) is 1. The Balaban J connectivity index is 0.00000957. The van der Waals surface area contributed by atoms with Gasteiger partial charge in [0.15, 0.2) is 23.8 Å². The molecular formula is C92H144N34O21S2. The molecule has 4 aromatic carbocycles. The van der Waals surface area contributed by atoms with E-state index in [1.54, 1.807) is 36.4 Å². The van der Waals surface area contributed by atoms with E-state index in [2.05, 4.69) is 101 Å². The van der Waals surface area contributed by atoms with Crippen LogP contribution in [-0.4, -0.2) is 306 Å².